The van der Waals surface area contributed by atoms with E-state index in [9.17, 15) is 4.79 Å². The van der Waals surface area contributed by atoms with Crippen LogP contribution in [-0.2, 0) is 19.0 Å². The number of fused-ring (bicyclic) bond motifs is 1. The first-order valence-electron chi connectivity index (χ1n) is 4.75. The van der Waals surface area contributed by atoms with Gasteiger partial charge in [0.25, 0.3) is 0 Å². The van der Waals surface area contributed by atoms with Crippen molar-refractivity contribution in [2.75, 3.05) is 13.2 Å². The molecule has 0 unspecified atom stereocenters. The molecule has 3 aliphatic rings. The molecule has 0 aromatic carbocycles. The van der Waals surface area contributed by atoms with E-state index in [1.165, 1.54) is 0 Å². The number of carbonyl (C=O) groups is 1. The Morgan fingerprint density at radius 2 is 2.00 bits per heavy atom. The molecule has 72 valence electrons. The lowest BCUT2D eigenvalue weighted by Crippen LogP contribution is -2.28. The van der Waals surface area contributed by atoms with E-state index in [0.717, 1.165) is 12.8 Å². The largest absolute Gasteiger partial charge is 0.462 e. The fraction of sp³-hybridized carbons (Fsp3) is 0.889. The Labute approximate surface area is 76.1 Å². The van der Waals surface area contributed by atoms with E-state index in [0.29, 0.717) is 25.6 Å². The Balaban J connectivity index is 1.77. The van der Waals surface area contributed by atoms with Crippen LogP contribution in [0.5, 0.6) is 0 Å². The molecule has 0 amide bonds. The van der Waals surface area contributed by atoms with Crippen LogP contribution in [0.1, 0.15) is 19.3 Å². The first-order valence-corrected chi connectivity index (χ1v) is 4.75. The summed E-state index contributed by atoms with van der Waals surface area (Å²) >= 11 is 0. The quantitative estimate of drug-likeness (QED) is 0.513. The molecule has 4 nitrogen and oxygen atoms in total. The highest BCUT2D eigenvalue weighted by Gasteiger charge is 2.54. The average molecular weight is 184 g/mol. The highest BCUT2D eigenvalue weighted by Crippen LogP contribution is 2.46. The first-order chi connectivity index (χ1) is 6.27. The molecule has 3 fully saturated rings. The molecule has 0 bridgehead atoms. The van der Waals surface area contributed by atoms with Crippen molar-refractivity contribution in [3.05, 3.63) is 0 Å². The van der Waals surface area contributed by atoms with Crippen LogP contribution < -0.4 is 0 Å². The predicted molar refractivity (Wildman–Crippen MR) is 41.9 cm³/mol. The Hall–Kier alpha value is -0.610. The molecule has 0 N–H and O–H groups in total. The standard InChI is InChI=1S/C9H12O4/c10-8-3-6-4-9(5-7(6)13-8)11-1-2-12-9/h6-7H,1-5H2/t6-,7+/m0/s1. The van der Waals surface area contributed by atoms with Gasteiger partial charge in [-0.1, -0.05) is 0 Å². The van der Waals surface area contributed by atoms with E-state index in [-0.39, 0.29) is 12.1 Å². The second-order valence-corrected chi connectivity index (χ2v) is 4.01. The fourth-order valence-electron chi connectivity index (χ4n) is 2.59. The third-order valence-electron chi connectivity index (χ3n) is 3.14. The number of hydrogen-bond acceptors (Lipinski definition) is 4. The van der Waals surface area contributed by atoms with Crippen LogP contribution in [0, 0.1) is 5.92 Å². The molecule has 13 heavy (non-hydrogen) atoms. The Bertz CT molecular complexity index is 226. The van der Waals surface area contributed by atoms with Gasteiger partial charge in [0.15, 0.2) is 5.79 Å². The number of esters is 1. The summed E-state index contributed by atoms with van der Waals surface area (Å²) in [4.78, 5) is 11.0. The molecule has 1 spiro atoms. The molecule has 2 atom stereocenters. The molecule has 0 aromatic heterocycles. The van der Waals surface area contributed by atoms with Gasteiger partial charge < -0.3 is 14.2 Å². The Kier molecular flexibility index (Phi) is 1.46. The van der Waals surface area contributed by atoms with Crippen molar-refractivity contribution in [1.82, 2.24) is 0 Å². The van der Waals surface area contributed by atoms with Crippen LogP contribution in [0.2, 0.25) is 0 Å². The average Bonchev–Trinajstić information content (AvgIpc) is 2.67. The molecule has 4 heteroatoms. The summed E-state index contributed by atoms with van der Waals surface area (Å²) < 4.78 is 16.3. The van der Waals surface area contributed by atoms with Gasteiger partial charge in [0.2, 0.25) is 0 Å². The van der Waals surface area contributed by atoms with Gasteiger partial charge in [0.05, 0.1) is 19.6 Å². The summed E-state index contributed by atoms with van der Waals surface area (Å²) in [5, 5.41) is 0. The summed E-state index contributed by atoms with van der Waals surface area (Å²) in [6.07, 6.45) is 2.14. The summed E-state index contributed by atoms with van der Waals surface area (Å²) in [5.41, 5.74) is 0. The third-order valence-corrected chi connectivity index (χ3v) is 3.14. The van der Waals surface area contributed by atoms with Crippen LogP contribution in [0.3, 0.4) is 0 Å². The zero-order valence-corrected chi connectivity index (χ0v) is 7.32. The molecular formula is C9H12O4. The minimum Gasteiger partial charge on any atom is -0.462 e. The van der Waals surface area contributed by atoms with E-state index >= 15 is 0 Å². The lowest BCUT2D eigenvalue weighted by Gasteiger charge is -2.21. The van der Waals surface area contributed by atoms with Crippen molar-refractivity contribution in [3.8, 4) is 0 Å². The van der Waals surface area contributed by atoms with Gasteiger partial charge in [-0.2, -0.15) is 0 Å². The lowest BCUT2D eigenvalue weighted by atomic mass is 10.0. The number of rotatable bonds is 0. The zero-order valence-electron chi connectivity index (χ0n) is 7.32. The van der Waals surface area contributed by atoms with Crippen LogP contribution >= 0.6 is 0 Å². The van der Waals surface area contributed by atoms with Gasteiger partial charge in [0, 0.05) is 18.8 Å². The van der Waals surface area contributed by atoms with E-state index in [1.54, 1.807) is 0 Å². The predicted octanol–water partition coefficient (Wildman–Crippen LogP) is 0.455. The normalized spacial score (nSPS) is 41.1. The van der Waals surface area contributed by atoms with E-state index in [1.807, 2.05) is 0 Å². The molecule has 2 aliphatic heterocycles. The number of ether oxygens (including phenoxy) is 3. The molecule has 2 heterocycles. The zero-order chi connectivity index (χ0) is 8.89. The van der Waals surface area contributed by atoms with Gasteiger partial charge in [-0.15, -0.1) is 0 Å². The molecule has 0 aromatic rings. The van der Waals surface area contributed by atoms with Crippen molar-refractivity contribution in [3.63, 3.8) is 0 Å². The molecule has 1 saturated carbocycles. The summed E-state index contributed by atoms with van der Waals surface area (Å²) in [7, 11) is 0. The fourth-order valence-corrected chi connectivity index (χ4v) is 2.59. The van der Waals surface area contributed by atoms with Crippen molar-refractivity contribution < 1.29 is 19.0 Å². The molecule has 1 aliphatic carbocycles. The minimum absolute atomic E-state index is 0.0469. The number of hydrogen-bond donors (Lipinski definition) is 0. The van der Waals surface area contributed by atoms with Crippen molar-refractivity contribution in [2.24, 2.45) is 5.92 Å². The third kappa shape index (κ3) is 1.09. The summed E-state index contributed by atoms with van der Waals surface area (Å²) in [6, 6.07) is 0. The maximum atomic E-state index is 11.0. The maximum Gasteiger partial charge on any atom is 0.306 e. The van der Waals surface area contributed by atoms with Gasteiger partial charge in [-0.05, 0) is 0 Å². The van der Waals surface area contributed by atoms with Gasteiger partial charge in [-0.3, -0.25) is 4.79 Å². The van der Waals surface area contributed by atoms with Gasteiger partial charge >= 0.3 is 5.97 Å². The molecule has 0 radical (unpaired) electrons. The second-order valence-electron chi connectivity index (χ2n) is 4.01. The lowest BCUT2D eigenvalue weighted by molar-refractivity contribution is -0.165. The van der Waals surface area contributed by atoms with Crippen LogP contribution in [0.15, 0.2) is 0 Å². The van der Waals surface area contributed by atoms with E-state index in [4.69, 9.17) is 14.2 Å². The van der Waals surface area contributed by atoms with Crippen LogP contribution in [0.4, 0.5) is 0 Å². The van der Waals surface area contributed by atoms with Crippen molar-refractivity contribution in [2.45, 2.75) is 31.2 Å². The number of carbonyl (C=O) groups excluding carboxylic acids is 1. The van der Waals surface area contributed by atoms with Crippen molar-refractivity contribution in [1.29, 1.82) is 0 Å². The van der Waals surface area contributed by atoms with Crippen LogP contribution in [-0.4, -0.2) is 31.1 Å². The maximum absolute atomic E-state index is 11.0. The Morgan fingerprint density at radius 3 is 2.69 bits per heavy atom. The SMILES string of the molecule is O=C1C[C@H]2CC3(C[C@H]2O1)OCCO3. The highest BCUT2D eigenvalue weighted by atomic mass is 16.7. The monoisotopic (exact) mass is 184 g/mol. The van der Waals surface area contributed by atoms with E-state index < -0.39 is 5.79 Å². The van der Waals surface area contributed by atoms with Crippen LogP contribution in [0.25, 0.3) is 0 Å². The topological polar surface area (TPSA) is 44.8 Å². The summed E-state index contributed by atoms with van der Waals surface area (Å²) in [5.74, 6) is -0.149. The first kappa shape index (κ1) is 7.76. The minimum atomic E-state index is -0.407. The van der Waals surface area contributed by atoms with Crippen molar-refractivity contribution >= 4 is 5.97 Å². The second kappa shape index (κ2) is 2.45. The summed E-state index contributed by atoms with van der Waals surface area (Å²) in [6.45, 7) is 1.35. The Morgan fingerprint density at radius 1 is 1.23 bits per heavy atom. The highest BCUT2D eigenvalue weighted by molar-refractivity contribution is 5.72. The van der Waals surface area contributed by atoms with Gasteiger partial charge in [-0.25, -0.2) is 0 Å². The van der Waals surface area contributed by atoms with Gasteiger partial charge in [0.1, 0.15) is 6.10 Å². The molecular weight excluding hydrogens is 172 g/mol. The molecule has 2 saturated heterocycles. The molecule has 3 rings (SSSR count). The van der Waals surface area contributed by atoms with E-state index in [2.05, 4.69) is 0 Å². The smallest absolute Gasteiger partial charge is 0.306 e.